The number of ether oxygens (including phenoxy) is 1. The highest BCUT2D eigenvalue weighted by Crippen LogP contribution is 2.30. The minimum Gasteiger partial charge on any atom is -0.489 e. The fourth-order valence-corrected chi connectivity index (χ4v) is 1.92. The summed E-state index contributed by atoms with van der Waals surface area (Å²) in [7, 11) is 0. The van der Waals surface area contributed by atoms with Gasteiger partial charge in [-0.25, -0.2) is 4.79 Å². The van der Waals surface area contributed by atoms with Crippen LogP contribution in [0.25, 0.3) is 0 Å². The van der Waals surface area contributed by atoms with Crippen LogP contribution in [0, 0.1) is 0 Å². The molecule has 1 aromatic rings. The van der Waals surface area contributed by atoms with E-state index in [4.69, 9.17) is 9.84 Å². The number of anilines is 1. The Balaban J connectivity index is 3.12. The van der Waals surface area contributed by atoms with Gasteiger partial charge in [0, 0.05) is 6.54 Å². The number of carboxylic acids is 2. The van der Waals surface area contributed by atoms with Gasteiger partial charge in [0.2, 0.25) is 0 Å². The molecule has 0 amide bonds. The number of hydrogen-bond acceptors (Lipinski definition) is 4. The molecule has 0 aromatic heterocycles. The van der Waals surface area contributed by atoms with E-state index in [-0.39, 0.29) is 19.1 Å². The van der Waals surface area contributed by atoms with Crippen molar-refractivity contribution >= 4 is 17.6 Å². The first-order valence-electron chi connectivity index (χ1n) is 6.79. The Morgan fingerprint density at radius 1 is 1.19 bits per heavy atom. The second-order valence-electron chi connectivity index (χ2n) is 4.99. The predicted octanol–water partition coefficient (Wildman–Crippen LogP) is 2.23. The van der Waals surface area contributed by atoms with Crippen LogP contribution < -0.4 is 9.64 Å². The van der Waals surface area contributed by atoms with Gasteiger partial charge in [-0.05, 0) is 32.9 Å². The van der Waals surface area contributed by atoms with E-state index in [0.717, 1.165) is 0 Å². The molecule has 6 nitrogen and oxygen atoms in total. The quantitative estimate of drug-likeness (QED) is 0.764. The third-order valence-electron chi connectivity index (χ3n) is 2.93. The average Bonchev–Trinajstić information content (AvgIpc) is 2.39. The minimum atomic E-state index is -1.01. The summed E-state index contributed by atoms with van der Waals surface area (Å²) >= 11 is 0. The smallest absolute Gasteiger partial charge is 0.326 e. The topological polar surface area (TPSA) is 87.1 Å². The number of carbonyl (C=O) groups is 2. The molecule has 0 fully saturated rings. The molecular formula is C15H21NO5. The van der Waals surface area contributed by atoms with Gasteiger partial charge in [0.25, 0.3) is 0 Å². The van der Waals surface area contributed by atoms with Crippen LogP contribution in [-0.2, 0) is 9.59 Å². The van der Waals surface area contributed by atoms with Crippen molar-refractivity contribution in [2.75, 3.05) is 11.4 Å². The molecule has 1 rings (SSSR count). The molecule has 116 valence electrons. The zero-order chi connectivity index (χ0) is 16.0. The predicted molar refractivity (Wildman–Crippen MR) is 78.9 cm³/mol. The largest absolute Gasteiger partial charge is 0.489 e. The molecule has 2 N–H and O–H groups in total. The zero-order valence-electron chi connectivity index (χ0n) is 12.4. The van der Waals surface area contributed by atoms with E-state index in [1.807, 2.05) is 13.8 Å². The number of benzene rings is 1. The third kappa shape index (κ3) is 4.98. The minimum absolute atomic E-state index is 0.0624. The summed E-state index contributed by atoms with van der Waals surface area (Å²) < 4.78 is 5.68. The first-order chi connectivity index (χ1) is 9.82. The molecule has 21 heavy (non-hydrogen) atoms. The first kappa shape index (κ1) is 16.8. The lowest BCUT2D eigenvalue weighted by Crippen LogP contribution is -2.40. The van der Waals surface area contributed by atoms with E-state index in [2.05, 4.69) is 0 Å². The maximum Gasteiger partial charge on any atom is 0.326 e. The van der Waals surface area contributed by atoms with Crippen molar-refractivity contribution in [3.8, 4) is 5.75 Å². The monoisotopic (exact) mass is 295 g/mol. The first-order valence-corrected chi connectivity index (χ1v) is 6.79. The summed E-state index contributed by atoms with van der Waals surface area (Å²) in [5, 5.41) is 18.1. The number of carboxylic acid groups (broad SMARTS) is 2. The lowest BCUT2D eigenvalue weighted by molar-refractivity contribution is -0.139. The molecule has 0 bridgehead atoms. The van der Waals surface area contributed by atoms with Crippen LogP contribution in [0.5, 0.6) is 5.75 Å². The van der Waals surface area contributed by atoms with Crippen LogP contribution in [0.15, 0.2) is 24.3 Å². The molecule has 0 saturated carbocycles. The molecule has 0 saturated heterocycles. The lowest BCUT2D eigenvalue weighted by Gasteiger charge is -2.30. The number of aliphatic carboxylic acids is 2. The van der Waals surface area contributed by atoms with E-state index in [9.17, 15) is 14.7 Å². The Labute approximate surface area is 124 Å². The molecule has 0 aliphatic rings. The van der Waals surface area contributed by atoms with Crippen molar-refractivity contribution in [2.24, 2.45) is 0 Å². The van der Waals surface area contributed by atoms with Crippen molar-refractivity contribution in [1.82, 2.24) is 0 Å². The molecule has 0 heterocycles. The van der Waals surface area contributed by atoms with Crippen molar-refractivity contribution in [3.63, 3.8) is 0 Å². The molecule has 1 aromatic carbocycles. The maximum atomic E-state index is 11.3. The number of nitrogens with zero attached hydrogens (tertiary/aromatic N) is 1. The molecule has 0 radical (unpaired) electrons. The van der Waals surface area contributed by atoms with Crippen molar-refractivity contribution in [1.29, 1.82) is 0 Å². The summed E-state index contributed by atoms with van der Waals surface area (Å²) in [5.41, 5.74) is 0.586. The van der Waals surface area contributed by atoms with Crippen LogP contribution in [0.1, 0.15) is 27.2 Å². The van der Waals surface area contributed by atoms with Gasteiger partial charge in [-0.1, -0.05) is 12.1 Å². The van der Waals surface area contributed by atoms with E-state index in [1.54, 1.807) is 24.3 Å². The van der Waals surface area contributed by atoms with Crippen LogP contribution in [-0.4, -0.2) is 40.8 Å². The lowest BCUT2D eigenvalue weighted by atomic mass is 10.2. The van der Waals surface area contributed by atoms with Gasteiger partial charge < -0.3 is 19.8 Å². The van der Waals surface area contributed by atoms with Gasteiger partial charge in [-0.15, -0.1) is 0 Å². The van der Waals surface area contributed by atoms with Gasteiger partial charge in [-0.3, -0.25) is 4.79 Å². The highest BCUT2D eigenvalue weighted by Gasteiger charge is 2.24. The Morgan fingerprint density at radius 2 is 1.81 bits per heavy atom. The molecule has 0 spiro atoms. The highest BCUT2D eigenvalue weighted by atomic mass is 16.5. The SMILES string of the molecule is CC(C)Oc1ccccc1N(CCC(=O)O)C(C)C(=O)O. The number of hydrogen-bond donors (Lipinski definition) is 2. The van der Waals surface area contributed by atoms with Crippen molar-refractivity contribution in [2.45, 2.75) is 39.3 Å². The van der Waals surface area contributed by atoms with E-state index in [0.29, 0.717) is 11.4 Å². The van der Waals surface area contributed by atoms with Gasteiger partial charge >= 0.3 is 11.9 Å². The Kier molecular flexibility index (Phi) is 6.02. The molecule has 6 heteroatoms. The third-order valence-corrected chi connectivity index (χ3v) is 2.93. The maximum absolute atomic E-state index is 11.3. The van der Waals surface area contributed by atoms with Gasteiger partial charge in [0.1, 0.15) is 11.8 Å². The summed E-state index contributed by atoms with van der Waals surface area (Å²) in [6.45, 7) is 5.37. The fraction of sp³-hybridized carbons (Fsp3) is 0.467. The number of rotatable bonds is 8. The van der Waals surface area contributed by atoms with E-state index >= 15 is 0 Å². The Bertz CT molecular complexity index is 501. The van der Waals surface area contributed by atoms with E-state index in [1.165, 1.54) is 11.8 Å². The van der Waals surface area contributed by atoms with Gasteiger partial charge in [0.15, 0.2) is 0 Å². The summed E-state index contributed by atoms with van der Waals surface area (Å²) in [4.78, 5) is 23.6. The van der Waals surface area contributed by atoms with Crippen LogP contribution in [0.4, 0.5) is 5.69 Å². The molecule has 0 aliphatic carbocycles. The summed E-state index contributed by atoms with van der Waals surface area (Å²) in [6, 6.07) is 6.20. The molecule has 1 atom stereocenters. The number of para-hydroxylation sites is 2. The standard InChI is InChI=1S/C15H21NO5/c1-10(2)21-13-7-5-4-6-12(13)16(9-8-14(17)18)11(3)15(19)20/h4-7,10-11H,8-9H2,1-3H3,(H,17,18)(H,19,20). The fourth-order valence-electron chi connectivity index (χ4n) is 1.92. The van der Waals surface area contributed by atoms with Crippen LogP contribution >= 0.6 is 0 Å². The molecule has 0 aliphatic heterocycles. The highest BCUT2D eigenvalue weighted by molar-refractivity contribution is 5.79. The second-order valence-corrected chi connectivity index (χ2v) is 4.99. The van der Waals surface area contributed by atoms with Crippen LogP contribution in [0.3, 0.4) is 0 Å². The Hall–Kier alpha value is -2.24. The summed E-state index contributed by atoms with van der Waals surface area (Å²) in [6.07, 6.45) is -0.208. The molecule has 1 unspecified atom stereocenters. The second kappa shape index (κ2) is 7.52. The van der Waals surface area contributed by atoms with Crippen LogP contribution in [0.2, 0.25) is 0 Å². The van der Waals surface area contributed by atoms with Crippen molar-refractivity contribution < 1.29 is 24.5 Å². The van der Waals surface area contributed by atoms with Gasteiger partial charge in [-0.2, -0.15) is 0 Å². The van der Waals surface area contributed by atoms with Crippen molar-refractivity contribution in [3.05, 3.63) is 24.3 Å². The average molecular weight is 295 g/mol. The Morgan fingerprint density at radius 3 is 2.33 bits per heavy atom. The normalized spacial score (nSPS) is 12.0. The molecular weight excluding hydrogens is 274 g/mol. The summed E-state index contributed by atoms with van der Waals surface area (Å²) in [5.74, 6) is -1.44. The van der Waals surface area contributed by atoms with E-state index < -0.39 is 18.0 Å². The van der Waals surface area contributed by atoms with Gasteiger partial charge in [0.05, 0.1) is 18.2 Å². The zero-order valence-corrected chi connectivity index (χ0v) is 12.4.